The number of nitrogens with zero attached hydrogens (tertiary/aromatic N) is 2. The number of likely N-dealkylation sites (N-methyl/N-ethyl adjacent to an activating group) is 1. The molecule has 2 aliphatic rings. The molecule has 0 radical (unpaired) electrons. The lowest BCUT2D eigenvalue weighted by molar-refractivity contribution is -0.151. The average Bonchev–Trinajstić information content (AvgIpc) is 3.30. The van der Waals surface area contributed by atoms with Gasteiger partial charge in [0.2, 0.25) is 17.7 Å². The van der Waals surface area contributed by atoms with Gasteiger partial charge in [-0.25, -0.2) is 4.79 Å². The first-order chi connectivity index (χ1) is 14.5. The van der Waals surface area contributed by atoms with Crippen molar-refractivity contribution in [3.63, 3.8) is 0 Å². The van der Waals surface area contributed by atoms with E-state index in [0.717, 1.165) is 23.1 Å². The van der Waals surface area contributed by atoms with Crippen LogP contribution in [-0.4, -0.2) is 59.7 Å². The van der Waals surface area contributed by atoms with Crippen molar-refractivity contribution in [3.8, 4) is 0 Å². The molecule has 7 nitrogen and oxygen atoms in total. The average molecular weight is 440 g/mol. The zero-order chi connectivity index (χ0) is 23.0. The zero-order valence-electron chi connectivity index (χ0n) is 17.2. The van der Waals surface area contributed by atoms with E-state index in [1.165, 1.54) is 18.1 Å². The minimum absolute atomic E-state index is 0.0427. The highest BCUT2D eigenvalue weighted by atomic mass is 19.4. The molecule has 0 bridgehead atoms. The van der Waals surface area contributed by atoms with Crippen LogP contribution in [0.25, 0.3) is 0 Å². The highest BCUT2D eigenvalue weighted by molar-refractivity contribution is 6.10. The molecule has 0 saturated carbocycles. The van der Waals surface area contributed by atoms with Crippen molar-refractivity contribution in [2.24, 2.45) is 0 Å². The number of methoxy groups -OCH3 is 1. The second kappa shape index (κ2) is 8.32. The molecule has 3 amide bonds. The van der Waals surface area contributed by atoms with Gasteiger partial charge in [-0.2, -0.15) is 13.2 Å². The molecule has 3 rings (SSSR count). The predicted molar refractivity (Wildman–Crippen MR) is 102 cm³/mol. The standard InChI is InChI=1S/C21H23F3N2O5/c1-3-25-16(27)11-20(19(25)30,13-6-4-7-14(10-13)21(22,23)24)12-17(28)26-9-5-8-15(26)18(29)31-2/h4,6-7,10,15H,3,5,8-9,11-12H2,1-2H3/t15-,20-/m0/s1. The van der Waals surface area contributed by atoms with E-state index in [-0.39, 0.29) is 18.7 Å². The summed E-state index contributed by atoms with van der Waals surface area (Å²) in [6, 6.07) is 3.36. The maximum absolute atomic E-state index is 13.3. The molecule has 10 heteroatoms. The molecule has 1 aromatic rings. The maximum atomic E-state index is 13.3. The Hall–Kier alpha value is -2.91. The number of carbonyl (C=O) groups excluding carboxylic acids is 4. The van der Waals surface area contributed by atoms with Gasteiger partial charge in [-0.05, 0) is 31.4 Å². The van der Waals surface area contributed by atoms with E-state index in [1.807, 2.05) is 0 Å². The minimum Gasteiger partial charge on any atom is -0.467 e. The summed E-state index contributed by atoms with van der Waals surface area (Å²) in [7, 11) is 1.20. The summed E-state index contributed by atoms with van der Waals surface area (Å²) in [5.74, 6) is -2.43. The largest absolute Gasteiger partial charge is 0.467 e. The number of hydrogen-bond acceptors (Lipinski definition) is 5. The number of hydrogen-bond donors (Lipinski definition) is 0. The molecular weight excluding hydrogens is 417 g/mol. The summed E-state index contributed by atoms with van der Waals surface area (Å²) < 4.78 is 44.6. The first-order valence-corrected chi connectivity index (χ1v) is 9.95. The van der Waals surface area contributed by atoms with Crippen molar-refractivity contribution in [3.05, 3.63) is 35.4 Å². The molecule has 2 atom stereocenters. The fourth-order valence-electron chi connectivity index (χ4n) is 4.39. The Morgan fingerprint density at radius 3 is 2.55 bits per heavy atom. The number of amides is 3. The fraction of sp³-hybridized carbons (Fsp3) is 0.524. The zero-order valence-corrected chi connectivity index (χ0v) is 17.2. The van der Waals surface area contributed by atoms with Gasteiger partial charge in [-0.3, -0.25) is 19.3 Å². The normalized spacial score (nSPS) is 24.1. The lowest BCUT2D eigenvalue weighted by atomic mass is 9.75. The van der Waals surface area contributed by atoms with Gasteiger partial charge >= 0.3 is 12.1 Å². The maximum Gasteiger partial charge on any atom is 0.416 e. The van der Waals surface area contributed by atoms with E-state index in [9.17, 15) is 32.3 Å². The molecule has 0 N–H and O–H groups in total. The Balaban J connectivity index is 2.03. The van der Waals surface area contributed by atoms with Crippen molar-refractivity contribution in [1.82, 2.24) is 9.80 Å². The van der Waals surface area contributed by atoms with Crippen molar-refractivity contribution >= 4 is 23.7 Å². The number of rotatable bonds is 5. The Morgan fingerprint density at radius 2 is 1.97 bits per heavy atom. The number of imide groups is 1. The molecule has 2 aliphatic heterocycles. The third-order valence-corrected chi connectivity index (χ3v) is 5.97. The Morgan fingerprint density at radius 1 is 1.26 bits per heavy atom. The van der Waals surface area contributed by atoms with Gasteiger partial charge in [0.05, 0.1) is 18.1 Å². The van der Waals surface area contributed by atoms with Crippen molar-refractivity contribution in [2.75, 3.05) is 20.2 Å². The van der Waals surface area contributed by atoms with Gasteiger partial charge in [0, 0.05) is 25.9 Å². The highest BCUT2D eigenvalue weighted by Gasteiger charge is 2.54. The summed E-state index contributed by atoms with van der Waals surface area (Å²) in [6.07, 6.45) is -4.63. The lowest BCUT2D eigenvalue weighted by Crippen LogP contribution is -2.46. The van der Waals surface area contributed by atoms with Crippen LogP contribution in [0.1, 0.15) is 43.7 Å². The van der Waals surface area contributed by atoms with Crippen LogP contribution in [-0.2, 0) is 35.5 Å². The molecule has 0 aromatic heterocycles. The van der Waals surface area contributed by atoms with Gasteiger partial charge in [0.1, 0.15) is 6.04 Å². The molecule has 0 spiro atoms. The first-order valence-electron chi connectivity index (χ1n) is 9.95. The van der Waals surface area contributed by atoms with Crippen LogP contribution in [0.3, 0.4) is 0 Å². The molecule has 2 fully saturated rings. The molecule has 31 heavy (non-hydrogen) atoms. The van der Waals surface area contributed by atoms with Gasteiger partial charge in [-0.15, -0.1) is 0 Å². The number of benzene rings is 1. The quantitative estimate of drug-likeness (QED) is 0.518. The van der Waals surface area contributed by atoms with Gasteiger partial charge in [-0.1, -0.05) is 18.2 Å². The third kappa shape index (κ3) is 4.03. The van der Waals surface area contributed by atoms with E-state index in [2.05, 4.69) is 0 Å². The van der Waals surface area contributed by atoms with Crippen LogP contribution >= 0.6 is 0 Å². The smallest absolute Gasteiger partial charge is 0.416 e. The van der Waals surface area contributed by atoms with Crippen molar-refractivity contribution < 1.29 is 37.1 Å². The number of halogens is 3. The number of likely N-dealkylation sites (tertiary alicyclic amines) is 2. The fourth-order valence-corrected chi connectivity index (χ4v) is 4.39. The summed E-state index contributed by atoms with van der Waals surface area (Å²) in [5, 5.41) is 0. The summed E-state index contributed by atoms with van der Waals surface area (Å²) in [4.78, 5) is 53.1. The molecule has 2 saturated heterocycles. The minimum atomic E-state index is -4.65. The monoisotopic (exact) mass is 440 g/mol. The van der Waals surface area contributed by atoms with E-state index in [1.54, 1.807) is 6.92 Å². The van der Waals surface area contributed by atoms with E-state index in [0.29, 0.717) is 12.8 Å². The van der Waals surface area contributed by atoms with Crippen molar-refractivity contribution in [2.45, 2.75) is 50.2 Å². The van der Waals surface area contributed by atoms with Gasteiger partial charge in [0.15, 0.2) is 0 Å². The van der Waals surface area contributed by atoms with Crippen LogP contribution in [0.4, 0.5) is 13.2 Å². The molecule has 2 heterocycles. The van der Waals surface area contributed by atoms with Crippen LogP contribution in [0, 0.1) is 0 Å². The van der Waals surface area contributed by atoms with E-state index >= 15 is 0 Å². The van der Waals surface area contributed by atoms with Crippen LogP contribution in [0.2, 0.25) is 0 Å². The summed E-state index contributed by atoms with van der Waals surface area (Å²) in [6.45, 7) is 1.88. The molecular formula is C21H23F3N2O5. The number of carbonyl (C=O) groups is 4. The van der Waals surface area contributed by atoms with Crippen LogP contribution in [0.15, 0.2) is 24.3 Å². The SMILES string of the molecule is CCN1C(=O)C[C@](CC(=O)N2CCC[C@H]2C(=O)OC)(c2cccc(C(F)(F)F)c2)C1=O. The lowest BCUT2D eigenvalue weighted by Gasteiger charge is -2.31. The van der Waals surface area contributed by atoms with Gasteiger partial charge < -0.3 is 9.64 Å². The van der Waals surface area contributed by atoms with Crippen LogP contribution < -0.4 is 0 Å². The summed E-state index contributed by atoms with van der Waals surface area (Å²) >= 11 is 0. The van der Waals surface area contributed by atoms with Gasteiger partial charge in [0.25, 0.3) is 0 Å². The van der Waals surface area contributed by atoms with E-state index in [4.69, 9.17) is 4.74 Å². The highest BCUT2D eigenvalue weighted by Crippen LogP contribution is 2.42. The molecule has 0 unspecified atom stereocenters. The first kappa shape index (κ1) is 22.8. The number of ether oxygens (including phenoxy) is 1. The molecule has 168 valence electrons. The van der Waals surface area contributed by atoms with Crippen molar-refractivity contribution in [1.29, 1.82) is 0 Å². The topological polar surface area (TPSA) is 84.0 Å². The number of esters is 1. The summed E-state index contributed by atoms with van der Waals surface area (Å²) in [5.41, 5.74) is -2.77. The Bertz CT molecular complexity index is 917. The Labute approximate surface area is 177 Å². The van der Waals surface area contributed by atoms with E-state index < -0.39 is 59.7 Å². The molecule has 0 aliphatic carbocycles. The van der Waals surface area contributed by atoms with Crippen LogP contribution in [0.5, 0.6) is 0 Å². The third-order valence-electron chi connectivity index (χ3n) is 5.97. The second-order valence-corrected chi connectivity index (χ2v) is 7.73. The second-order valence-electron chi connectivity index (χ2n) is 7.73. The predicted octanol–water partition coefficient (Wildman–Crippen LogP) is 2.28. The number of alkyl halides is 3. The molecule has 1 aromatic carbocycles. The Kier molecular flexibility index (Phi) is 6.11.